The van der Waals surface area contributed by atoms with Crippen LogP contribution in [0.3, 0.4) is 0 Å². The summed E-state index contributed by atoms with van der Waals surface area (Å²) in [7, 11) is 0. The fourth-order valence-electron chi connectivity index (χ4n) is 2.00. The van der Waals surface area contributed by atoms with E-state index in [0.717, 1.165) is 19.5 Å². The third-order valence-electron chi connectivity index (χ3n) is 3.16. The number of rotatable bonds is 5. The van der Waals surface area contributed by atoms with E-state index in [-0.39, 0.29) is 11.6 Å². The summed E-state index contributed by atoms with van der Waals surface area (Å²) in [5, 5.41) is 16.7. The molecule has 6 heteroatoms. The molecular weight excluding hydrogens is 270 g/mol. The van der Waals surface area contributed by atoms with Gasteiger partial charge in [-0.3, -0.25) is 14.9 Å². The van der Waals surface area contributed by atoms with Crippen LogP contribution in [0.15, 0.2) is 42.0 Å². The molecular formula is C15H17N3O3. The van der Waals surface area contributed by atoms with Crippen molar-refractivity contribution in [1.29, 1.82) is 0 Å². The van der Waals surface area contributed by atoms with E-state index in [9.17, 15) is 14.9 Å². The molecule has 0 bridgehead atoms. The van der Waals surface area contributed by atoms with E-state index in [1.807, 2.05) is 0 Å². The molecule has 0 atom stereocenters. The van der Waals surface area contributed by atoms with E-state index in [1.165, 1.54) is 23.8 Å². The van der Waals surface area contributed by atoms with Crippen molar-refractivity contribution in [2.45, 2.75) is 6.42 Å². The number of carbonyl (C=O) groups is 1. The average molecular weight is 287 g/mol. The molecule has 0 unspecified atom stereocenters. The number of amides is 1. The first-order valence-electron chi connectivity index (χ1n) is 6.74. The number of nitro groups is 1. The van der Waals surface area contributed by atoms with Crippen LogP contribution in [0.2, 0.25) is 0 Å². The molecule has 0 aromatic heterocycles. The smallest absolute Gasteiger partial charge is 0.270 e. The lowest BCUT2D eigenvalue weighted by Crippen LogP contribution is -2.28. The molecule has 0 radical (unpaired) electrons. The Morgan fingerprint density at radius 3 is 3.05 bits per heavy atom. The maximum atomic E-state index is 11.7. The normalized spacial score (nSPS) is 14.8. The predicted molar refractivity (Wildman–Crippen MR) is 80.7 cm³/mol. The summed E-state index contributed by atoms with van der Waals surface area (Å²) in [6, 6.07) is 6.15. The molecule has 1 aromatic carbocycles. The van der Waals surface area contributed by atoms with E-state index in [1.54, 1.807) is 18.2 Å². The van der Waals surface area contributed by atoms with Crippen LogP contribution in [-0.4, -0.2) is 30.5 Å². The average Bonchev–Trinajstić information content (AvgIpc) is 2.52. The standard InChI is InChI=1S/C15H17N3O3/c19-15(17-11-13-6-8-16-9-7-13)5-4-12-2-1-3-14(10-12)18(20)21/h1-6,10,16H,7-9,11H2,(H,17,19)/b5-4+. The SMILES string of the molecule is O=C(/C=C/c1cccc([N+](=O)[O-])c1)NCC1=CCNCC1. The van der Waals surface area contributed by atoms with Crippen LogP contribution in [0, 0.1) is 10.1 Å². The Hall–Kier alpha value is -2.47. The van der Waals surface area contributed by atoms with E-state index in [2.05, 4.69) is 16.7 Å². The number of hydrogen-bond acceptors (Lipinski definition) is 4. The van der Waals surface area contributed by atoms with Gasteiger partial charge in [0, 0.05) is 31.3 Å². The molecule has 0 aliphatic carbocycles. The highest BCUT2D eigenvalue weighted by Gasteiger charge is 2.05. The second kappa shape index (κ2) is 7.35. The van der Waals surface area contributed by atoms with Gasteiger partial charge in [-0.1, -0.05) is 23.8 Å². The van der Waals surface area contributed by atoms with Crippen LogP contribution in [0.5, 0.6) is 0 Å². The lowest BCUT2D eigenvalue weighted by atomic mass is 10.1. The maximum absolute atomic E-state index is 11.7. The number of benzene rings is 1. The summed E-state index contributed by atoms with van der Waals surface area (Å²) < 4.78 is 0. The van der Waals surface area contributed by atoms with Gasteiger partial charge in [0.05, 0.1) is 4.92 Å². The summed E-state index contributed by atoms with van der Waals surface area (Å²) in [5.41, 5.74) is 1.85. The van der Waals surface area contributed by atoms with Gasteiger partial charge in [-0.2, -0.15) is 0 Å². The molecule has 21 heavy (non-hydrogen) atoms. The lowest BCUT2D eigenvalue weighted by Gasteiger charge is -2.13. The molecule has 0 fully saturated rings. The van der Waals surface area contributed by atoms with Gasteiger partial charge in [-0.05, 0) is 24.6 Å². The van der Waals surface area contributed by atoms with E-state index in [4.69, 9.17) is 0 Å². The van der Waals surface area contributed by atoms with Gasteiger partial charge in [0.25, 0.3) is 5.69 Å². The molecule has 1 heterocycles. The Balaban J connectivity index is 1.88. The quantitative estimate of drug-likeness (QED) is 0.373. The number of nitrogens with one attached hydrogen (secondary N) is 2. The van der Waals surface area contributed by atoms with E-state index >= 15 is 0 Å². The van der Waals surface area contributed by atoms with Crippen molar-refractivity contribution < 1.29 is 9.72 Å². The van der Waals surface area contributed by atoms with E-state index < -0.39 is 4.92 Å². The highest BCUT2D eigenvalue weighted by Crippen LogP contribution is 2.14. The van der Waals surface area contributed by atoms with Crippen molar-refractivity contribution in [3.05, 3.63) is 57.7 Å². The van der Waals surface area contributed by atoms with Crippen LogP contribution >= 0.6 is 0 Å². The minimum atomic E-state index is -0.457. The molecule has 0 spiro atoms. The third-order valence-corrected chi connectivity index (χ3v) is 3.16. The van der Waals surface area contributed by atoms with Crippen LogP contribution in [0.1, 0.15) is 12.0 Å². The highest BCUT2D eigenvalue weighted by molar-refractivity contribution is 5.91. The number of carbonyl (C=O) groups excluding carboxylic acids is 1. The van der Waals surface area contributed by atoms with Crippen molar-refractivity contribution in [2.75, 3.05) is 19.6 Å². The molecule has 110 valence electrons. The van der Waals surface area contributed by atoms with Crippen LogP contribution in [0.4, 0.5) is 5.69 Å². The first kappa shape index (κ1) is 14.9. The zero-order chi connectivity index (χ0) is 15.1. The molecule has 1 aliphatic rings. The Labute approximate surface area is 122 Å². The molecule has 1 amide bonds. The number of nitro benzene ring substituents is 1. The van der Waals surface area contributed by atoms with Gasteiger partial charge in [-0.25, -0.2) is 0 Å². The fourth-order valence-corrected chi connectivity index (χ4v) is 2.00. The van der Waals surface area contributed by atoms with Crippen LogP contribution < -0.4 is 10.6 Å². The molecule has 1 aromatic rings. The Morgan fingerprint density at radius 1 is 1.48 bits per heavy atom. The van der Waals surface area contributed by atoms with Crippen molar-refractivity contribution in [3.8, 4) is 0 Å². The first-order valence-corrected chi connectivity index (χ1v) is 6.74. The summed E-state index contributed by atoms with van der Waals surface area (Å²) in [6.45, 7) is 2.32. The monoisotopic (exact) mass is 287 g/mol. The van der Waals surface area contributed by atoms with Crippen molar-refractivity contribution in [1.82, 2.24) is 10.6 Å². The highest BCUT2D eigenvalue weighted by atomic mass is 16.6. The number of hydrogen-bond donors (Lipinski definition) is 2. The largest absolute Gasteiger partial charge is 0.349 e. The zero-order valence-corrected chi connectivity index (χ0v) is 11.5. The second-order valence-electron chi connectivity index (χ2n) is 4.72. The summed E-state index contributed by atoms with van der Waals surface area (Å²) >= 11 is 0. The van der Waals surface area contributed by atoms with Crippen LogP contribution in [-0.2, 0) is 4.79 Å². The zero-order valence-electron chi connectivity index (χ0n) is 11.5. The molecule has 0 saturated heterocycles. The van der Waals surface area contributed by atoms with Gasteiger partial charge in [0.1, 0.15) is 0 Å². The minimum absolute atomic E-state index is 0.0115. The van der Waals surface area contributed by atoms with Crippen molar-refractivity contribution in [2.24, 2.45) is 0 Å². The number of non-ortho nitro benzene ring substituents is 1. The van der Waals surface area contributed by atoms with Crippen molar-refractivity contribution >= 4 is 17.7 Å². The van der Waals surface area contributed by atoms with Gasteiger partial charge >= 0.3 is 0 Å². The summed E-state index contributed by atoms with van der Waals surface area (Å²) in [5.74, 6) is -0.207. The Bertz CT molecular complexity index is 594. The Kier molecular flexibility index (Phi) is 5.22. The van der Waals surface area contributed by atoms with Gasteiger partial charge < -0.3 is 10.6 Å². The molecule has 2 N–H and O–H groups in total. The van der Waals surface area contributed by atoms with Crippen molar-refractivity contribution in [3.63, 3.8) is 0 Å². The second-order valence-corrected chi connectivity index (χ2v) is 4.72. The van der Waals surface area contributed by atoms with Gasteiger partial charge in [0.2, 0.25) is 5.91 Å². The molecule has 0 saturated carbocycles. The summed E-state index contributed by atoms with van der Waals surface area (Å²) in [6.07, 6.45) is 5.97. The maximum Gasteiger partial charge on any atom is 0.270 e. The number of nitrogens with zero attached hydrogens (tertiary/aromatic N) is 1. The van der Waals surface area contributed by atoms with Gasteiger partial charge in [-0.15, -0.1) is 0 Å². The first-order chi connectivity index (χ1) is 10.1. The minimum Gasteiger partial charge on any atom is -0.349 e. The van der Waals surface area contributed by atoms with E-state index in [0.29, 0.717) is 12.1 Å². The molecule has 6 nitrogen and oxygen atoms in total. The van der Waals surface area contributed by atoms with Gasteiger partial charge in [0.15, 0.2) is 0 Å². The molecule has 1 aliphatic heterocycles. The molecule has 2 rings (SSSR count). The third kappa shape index (κ3) is 4.85. The fraction of sp³-hybridized carbons (Fsp3) is 0.267. The predicted octanol–water partition coefficient (Wildman–Crippen LogP) is 1.64. The Morgan fingerprint density at radius 2 is 2.33 bits per heavy atom. The lowest BCUT2D eigenvalue weighted by molar-refractivity contribution is -0.384. The summed E-state index contributed by atoms with van der Waals surface area (Å²) in [4.78, 5) is 21.9. The van der Waals surface area contributed by atoms with Crippen LogP contribution in [0.25, 0.3) is 6.08 Å². The topological polar surface area (TPSA) is 84.3 Å².